The van der Waals surface area contributed by atoms with E-state index in [-0.39, 0.29) is 17.4 Å². The van der Waals surface area contributed by atoms with Gasteiger partial charge in [-0.2, -0.15) is 0 Å². The summed E-state index contributed by atoms with van der Waals surface area (Å²) in [5, 5.41) is 14.1. The summed E-state index contributed by atoms with van der Waals surface area (Å²) in [6.07, 6.45) is 0. The van der Waals surface area contributed by atoms with Gasteiger partial charge in [0.25, 0.3) is 5.91 Å². The molecule has 0 aliphatic carbocycles. The normalized spacial score (nSPS) is 11.3. The highest BCUT2D eigenvalue weighted by Crippen LogP contribution is 2.22. The summed E-state index contributed by atoms with van der Waals surface area (Å²) in [6, 6.07) is 6.46. The van der Waals surface area contributed by atoms with E-state index in [9.17, 15) is 14.7 Å². The summed E-state index contributed by atoms with van der Waals surface area (Å²) in [5.74, 6) is -0.319. The largest absolute Gasteiger partial charge is 0.508 e. The van der Waals surface area contributed by atoms with Gasteiger partial charge >= 0.3 is 0 Å². The Morgan fingerprint density at radius 3 is 2.36 bits per heavy atom. The van der Waals surface area contributed by atoms with Crippen LogP contribution in [0.3, 0.4) is 0 Å². The number of nitrogens with one attached hydrogen (secondary N) is 1. The average molecular weight is 317 g/mol. The van der Waals surface area contributed by atoms with E-state index in [2.05, 4.69) is 5.32 Å². The Kier molecular flexibility index (Phi) is 4.37. The lowest BCUT2D eigenvalue weighted by Gasteiger charge is -2.25. The number of carbonyl (C=O) groups excluding carboxylic acids is 2. The first-order chi connectivity index (χ1) is 10.2. The van der Waals surface area contributed by atoms with Gasteiger partial charge in [0.1, 0.15) is 5.75 Å². The van der Waals surface area contributed by atoms with Crippen LogP contribution in [0.2, 0.25) is 0 Å². The molecule has 1 aromatic heterocycles. The lowest BCUT2D eigenvalue weighted by Crippen LogP contribution is -2.49. The highest BCUT2D eigenvalue weighted by Gasteiger charge is 2.32. The summed E-state index contributed by atoms with van der Waals surface area (Å²) in [7, 11) is 0. The maximum atomic E-state index is 12.7. The van der Waals surface area contributed by atoms with Crippen LogP contribution in [0.4, 0.5) is 0 Å². The van der Waals surface area contributed by atoms with Crippen molar-refractivity contribution in [1.29, 1.82) is 0 Å². The third-order valence-electron chi connectivity index (χ3n) is 3.52. The van der Waals surface area contributed by atoms with E-state index in [1.54, 1.807) is 26.8 Å². The van der Waals surface area contributed by atoms with E-state index in [1.165, 1.54) is 23.5 Å². The number of carbonyl (C=O) groups is 2. The zero-order chi connectivity index (χ0) is 16.5. The monoisotopic (exact) mass is 317 g/mol. The number of hydrogen-bond donors (Lipinski definition) is 2. The summed E-state index contributed by atoms with van der Waals surface area (Å²) in [6.45, 7) is 6.99. The Bertz CT molecular complexity index is 731. The zero-order valence-electron chi connectivity index (χ0n) is 13.1. The molecule has 22 heavy (non-hydrogen) atoms. The maximum Gasteiger partial charge on any atom is 0.262 e. The van der Waals surface area contributed by atoms with E-state index >= 15 is 0 Å². The molecule has 2 N–H and O–H groups in total. The highest BCUT2D eigenvalue weighted by molar-refractivity contribution is 7.12. The van der Waals surface area contributed by atoms with Crippen LogP contribution in [0.15, 0.2) is 29.6 Å². The number of hydrogen-bond acceptors (Lipinski definition) is 4. The van der Waals surface area contributed by atoms with Crippen LogP contribution in [-0.2, 0) is 0 Å². The first-order valence-electron chi connectivity index (χ1n) is 6.93. The van der Waals surface area contributed by atoms with E-state index in [0.717, 1.165) is 5.56 Å². The number of thiophene rings is 1. The molecule has 2 rings (SSSR count). The Hall–Kier alpha value is -2.14. The van der Waals surface area contributed by atoms with Gasteiger partial charge in [-0.1, -0.05) is 0 Å². The molecule has 0 aliphatic rings. The molecule has 0 aliphatic heterocycles. The predicted octanol–water partition coefficient (Wildman–Crippen LogP) is 3.46. The van der Waals surface area contributed by atoms with Gasteiger partial charge in [0, 0.05) is 5.56 Å². The van der Waals surface area contributed by atoms with Crippen molar-refractivity contribution in [2.75, 3.05) is 0 Å². The van der Waals surface area contributed by atoms with Crippen molar-refractivity contribution >= 4 is 23.0 Å². The molecule has 0 unspecified atom stereocenters. The minimum Gasteiger partial charge on any atom is -0.508 e. The molecule has 1 amide bonds. The molecular weight excluding hydrogens is 298 g/mol. The number of phenolic OH excluding ortho intramolecular Hbond substituents is 1. The summed E-state index contributed by atoms with van der Waals surface area (Å²) >= 11 is 1.35. The first-order valence-corrected chi connectivity index (χ1v) is 7.81. The van der Waals surface area contributed by atoms with Gasteiger partial charge < -0.3 is 10.4 Å². The molecule has 0 atom stereocenters. The SMILES string of the molecule is Cc1cc(O)ccc1C(=O)C(C)(C)NC(=O)c1sccc1C. The van der Waals surface area contributed by atoms with Crippen molar-refractivity contribution in [3.05, 3.63) is 51.2 Å². The Balaban J connectivity index is 2.24. The topological polar surface area (TPSA) is 66.4 Å². The molecule has 2 aromatic rings. The standard InChI is InChI=1S/C17H19NO3S/c1-10-7-8-22-14(10)16(21)18-17(3,4)15(20)13-6-5-12(19)9-11(13)2/h5-9,19H,1-4H3,(H,18,21). The number of amides is 1. The van der Waals surface area contributed by atoms with Crippen LogP contribution in [0.5, 0.6) is 5.75 Å². The molecule has 116 valence electrons. The molecule has 0 bridgehead atoms. The van der Waals surface area contributed by atoms with Gasteiger partial charge in [-0.25, -0.2) is 0 Å². The number of aromatic hydroxyl groups is 1. The average Bonchev–Trinajstić information content (AvgIpc) is 2.84. The molecule has 1 heterocycles. The number of phenols is 1. The van der Waals surface area contributed by atoms with Crippen LogP contribution in [0.1, 0.15) is 45.0 Å². The molecular formula is C17H19NO3S. The molecule has 0 radical (unpaired) electrons. The molecule has 0 saturated carbocycles. The summed E-state index contributed by atoms with van der Waals surface area (Å²) in [4.78, 5) is 25.6. The third kappa shape index (κ3) is 3.20. The fourth-order valence-electron chi connectivity index (χ4n) is 2.24. The lowest BCUT2D eigenvalue weighted by atomic mass is 9.90. The van der Waals surface area contributed by atoms with Crippen molar-refractivity contribution in [3.63, 3.8) is 0 Å². The molecule has 0 fully saturated rings. The van der Waals surface area contributed by atoms with Crippen LogP contribution in [-0.4, -0.2) is 22.3 Å². The maximum absolute atomic E-state index is 12.7. The van der Waals surface area contributed by atoms with Gasteiger partial charge in [0.2, 0.25) is 0 Å². The smallest absolute Gasteiger partial charge is 0.262 e. The van der Waals surface area contributed by atoms with E-state index < -0.39 is 5.54 Å². The predicted molar refractivity (Wildman–Crippen MR) is 87.8 cm³/mol. The fraction of sp³-hybridized carbons (Fsp3) is 0.294. The van der Waals surface area contributed by atoms with Gasteiger partial charge in [-0.05, 0) is 68.5 Å². The Labute approximate surface area is 133 Å². The van der Waals surface area contributed by atoms with Crippen LogP contribution in [0, 0.1) is 13.8 Å². The van der Waals surface area contributed by atoms with Crippen molar-refractivity contribution in [3.8, 4) is 5.75 Å². The van der Waals surface area contributed by atoms with Crippen LogP contribution >= 0.6 is 11.3 Å². The van der Waals surface area contributed by atoms with E-state index in [1.807, 2.05) is 18.4 Å². The van der Waals surface area contributed by atoms with Gasteiger partial charge in [0.05, 0.1) is 10.4 Å². The Morgan fingerprint density at radius 2 is 1.82 bits per heavy atom. The minimum absolute atomic E-state index is 0.116. The zero-order valence-corrected chi connectivity index (χ0v) is 13.9. The summed E-state index contributed by atoms with van der Waals surface area (Å²) in [5.41, 5.74) is 1.03. The number of benzene rings is 1. The molecule has 0 saturated heterocycles. The van der Waals surface area contributed by atoms with E-state index in [4.69, 9.17) is 0 Å². The number of rotatable bonds is 4. The molecule has 4 nitrogen and oxygen atoms in total. The van der Waals surface area contributed by atoms with Gasteiger partial charge in [-0.15, -0.1) is 11.3 Å². The second kappa shape index (κ2) is 5.93. The number of ketones is 1. The third-order valence-corrected chi connectivity index (χ3v) is 4.53. The first kappa shape index (κ1) is 16.2. The van der Waals surface area contributed by atoms with Crippen molar-refractivity contribution < 1.29 is 14.7 Å². The molecule has 0 spiro atoms. The molecule has 1 aromatic carbocycles. The lowest BCUT2D eigenvalue weighted by molar-refractivity contribution is 0.0799. The number of aryl methyl sites for hydroxylation is 2. The van der Waals surface area contributed by atoms with Crippen molar-refractivity contribution in [2.24, 2.45) is 0 Å². The second-order valence-electron chi connectivity index (χ2n) is 5.84. The van der Waals surface area contributed by atoms with Crippen LogP contribution in [0.25, 0.3) is 0 Å². The highest BCUT2D eigenvalue weighted by atomic mass is 32.1. The van der Waals surface area contributed by atoms with Gasteiger partial charge in [0.15, 0.2) is 5.78 Å². The van der Waals surface area contributed by atoms with E-state index in [0.29, 0.717) is 16.0 Å². The minimum atomic E-state index is -1.03. The number of Topliss-reactive ketones (excluding diaryl/α,β-unsaturated/α-hetero) is 1. The molecule has 5 heteroatoms. The second-order valence-corrected chi connectivity index (χ2v) is 6.76. The fourth-order valence-corrected chi connectivity index (χ4v) is 3.06. The Morgan fingerprint density at radius 1 is 1.14 bits per heavy atom. The van der Waals surface area contributed by atoms with Crippen molar-refractivity contribution in [2.45, 2.75) is 33.2 Å². The summed E-state index contributed by atoms with van der Waals surface area (Å²) < 4.78 is 0. The van der Waals surface area contributed by atoms with Gasteiger partial charge in [-0.3, -0.25) is 9.59 Å². The van der Waals surface area contributed by atoms with Crippen LogP contribution < -0.4 is 5.32 Å². The van der Waals surface area contributed by atoms with Crippen molar-refractivity contribution in [1.82, 2.24) is 5.32 Å². The quantitative estimate of drug-likeness (QED) is 0.849.